The first-order valence-corrected chi connectivity index (χ1v) is 11.7. The lowest BCUT2D eigenvalue weighted by Gasteiger charge is -2.37. The van der Waals surface area contributed by atoms with Gasteiger partial charge in [-0.3, -0.25) is 4.98 Å². The van der Waals surface area contributed by atoms with E-state index in [1.807, 2.05) is 60.7 Å². The van der Waals surface area contributed by atoms with Crippen LogP contribution in [0.15, 0.2) is 73.1 Å². The summed E-state index contributed by atoms with van der Waals surface area (Å²) >= 11 is 18.4. The minimum absolute atomic E-state index is 0.567. The van der Waals surface area contributed by atoms with Crippen molar-refractivity contribution in [1.82, 2.24) is 15.0 Å². The van der Waals surface area contributed by atoms with Gasteiger partial charge in [-0.2, -0.15) is 0 Å². The summed E-state index contributed by atoms with van der Waals surface area (Å²) in [6.45, 7) is 3.34. The van der Waals surface area contributed by atoms with Crippen molar-refractivity contribution in [3.05, 3.63) is 88.1 Å². The van der Waals surface area contributed by atoms with Crippen molar-refractivity contribution in [2.24, 2.45) is 0 Å². The molecule has 5 nitrogen and oxygen atoms in total. The predicted molar refractivity (Wildman–Crippen MR) is 137 cm³/mol. The number of nitrogens with zero attached hydrogens (tertiary/aromatic N) is 5. The van der Waals surface area contributed by atoms with Gasteiger partial charge in [0, 0.05) is 66.5 Å². The molecule has 0 bridgehead atoms. The van der Waals surface area contributed by atoms with Crippen LogP contribution in [0.2, 0.25) is 15.1 Å². The SMILES string of the molecule is Clc1ccc(-c2cc(N3CCN(c4ccc(Cl)c(Cl)c4)CC3)nc(-c3cccnc3)n2)cc1. The number of halogens is 3. The molecule has 1 saturated heterocycles. The normalized spacial score (nSPS) is 13.9. The number of anilines is 2. The van der Waals surface area contributed by atoms with Crippen molar-refractivity contribution in [3.8, 4) is 22.6 Å². The second-order valence-electron chi connectivity index (χ2n) is 7.76. The van der Waals surface area contributed by atoms with Crippen LogP contribution in [0.1, 0.15) is 0 Å². The average Bonchev–Trinajstić information content (AvgIpc) is 2.86. The molecule has 2 aromatic carbocycles. The van der Waals surface area contributed by atoms with Crippen molar-refractivity contribution < 1.29 is 0 Å². The predicted octanol–water partition coefficient (Wildman–Crippen LogP) is 6.49. The Labute approximate surface area is 207 Å². The lowest BCUT2D eigenvalue weighted by atomic mass is 10.1. The van der Waals surface area contributed by atoms with Crippen LogP contribution in [0.4, 0.5) is 11.5 Å². The molecule has 166 valence electrons. The molecule has 0 unspecified atom stereocenters. The fourth-order valence-electron chi connectivity index (χ4n) is 3.86. The fourth-order valence-corrected chi connectivity index (χ4v) is 4.28. The smallest absolute Gasteiger partial charge is 0.163 e. The number of aromatic nitrogens is 3. The Hall–Kier alpha value is -2.86. The highest BCUT2D eigenvalue weighted by Gasteiger charge is 2.21. The maximum atomic E-state index is 6.22. The highest BCUT2D eigenvalue weighted by molar-refractivity contribution is 6.42. The van der Waals surface area contributed by atoms with E-state index in [-0.39, 0.29) is 0 Å². The molecule has 5 rings (SSSR count). The van der Waals surface area contributed by atoms with E-state index in [0.717, 1.165) is 54.5 Å². The summed E-state index contributed by atoms with van der Waals surface area (Å²) in [4.78, 5) is 18.5. The molecule has 0 N–H and O–H groups in total. The number of piperazine rings is 1. The van der Waals surface area contributed by atoms with Gasteiger partial charge >= 0.3 is 0 Å². The van der Waals surface area contributed by atoms with Gasteiger partial charge in [0.05, 0.1) is 15.7 Å². The van der Waals surface area contributed by atoms with Gasteiger partial charge in [-0.1, -0.05) is 46.9 Å². The molecule has 33 heavy (non-hydrogen) atoms. The minimum atomic E-state index is 0.567. The Morgan fingerprint density at radius 3 is 2.15 bits per heavy atom. The van der Waals surface area contributed by atoms with Crippen LogP contribution in [-0.4, -0.2) is 41.1 Å². The summed E-state index contributed by atoms with van der Waals surface area (Å²) in [5.41, 5.74) is 3.79. The summed E-state index contributed by atoms with van der Waals surface area (Å²) in [6.07, 6.45) is 3.53. The Morgan fingerprint density at radius 2 is 1.45 bits per heavy atom. The average molecular weight is 497 g/mol. The van der Waals surface area contributed by atoms with Gasteiger partial charge in [0.25, 0.3) is 0 Å². The molecule has 4 aromatic rings. The van der Waals surface area contributed by atoms with Gasteiger partial charge in [-0.15, -0.1) is 0 Å². The van der Waals surface area contributed by atoms with Crippen molar-refractivity contribution in [1.29, 1.82) is 0 Å². The van der Waals surface area contributed by atoms with Crippen LogP contribution in [0.5, 0.6) is 0 Å². The van der Waals surface area contributed by atoms with Gasteiger partial charge in [0.1, 0.15) is 5.82 Å². The number of hydrogen-bond acceptors (Lipinski definition) is 5. The van der Waals surface area contributed by atoms with Gasteiger partial charge in [-0.25, -0.2) is 9.97 Å². The number of rotatable bonds is 4. The van der Waals surface area contributed by atoms with Crippen LogP contribution in [0.25, 0.3) is 22.6 Å². The maximum Gasteiger partial charge on any atom is 0.163 e. The molecule has 1 aliphatic heterocycles. The first kappa shape index (κ1) is 22.0. The van der Waals surface area contributed by atoms with E-state index in [1.54, 1.807) is 12.4 Å². The summed E-state index contributed by atoms with van der Waals surface area (Å²) < 4.78 is 0. The highest BCUT2D eigenvalue weighted by atomic mass is 35.5. The third-order valence-electron chi connectivity index (χ3n) is 5.64. The lowest BCUT2D eigenvalue weighted by molar-refractivity contribution is 0.647. The molecule has 2 aromatic heterocycles. The van der Waals surface area contributed by atoms with Gasteiger partial charge in [0.2, 0.25) is 0 Å². The van der Waals surface area contributed by atoms with Gasteiger partial charge < -0.3 is 9.80 Å². The molecular formula is C25H20Cl3N5. The zero-order chi connectivity index (χ0) is 22.8. The molecule has 3 heterocycles. The maximum absolute atomic E-state index is 6.22. The van der Waals surface area contributed by atoms with Crippen LogP contribution in [0, 0.1) is 0 Å². The van der Waals surface area contributed by atoms with E-state index in [4.69, 9.17) is 44.8 Å². The lowest BCUT2D eigenvalue weighted by Crippen LogP contribution is -2.46. The molecule has 0 saturated carbocycles. The summed E-state index contributed by atoms with van der Waals surface area (Å²) in [6, 6.07) is 19.4. The Kier molecular flexibility index (Phi) is 6.36. The third kappa shape index (κ3) is 4.91. The molecule has 1 fully saturated rings. The van der Waals surface area contributed by atoms with Crippen LogP contribution in [-0.2, 0) is 0 Å². The molecule has 0 aliphatic carbocycles. The second-order valence-corrected chi connectivity index (χ2v) is 9.01. The number of hydrogen-bond donors (Lipinski definition) is 0. The summed E-state index contributed by atoms with van der Waals surface area (Å²) in [7, 11) is 0. The molecule has 0 spiro atoms. The Morgan fingerprint density at radius 1 is 0.697 bits per heavy atom. The third-order valence-corrected chi connectivity index (χ3v) is 6.64. The van der Waals surface area contributed by atoms with Crippen molar-refractivity contribution >= 4 is 46.3 Å². The van der Waals surface area contributed by atoms with E-state index >= 15 is 0 Å². The number of benzene rings is 2. The van der Waals surface area contributed by atoms with Crippen LogP contribution in [0.3, 0.4) is 0 Å². The topological polar surface area (TPSA) is 45.2 Å². The zero-order valence-corrected chi connectivity index (χ0v) is 19.9. The van der Waals surface area contributed by atoms with Gasteiger partial charge in [-0.05, 0) is 42.5 Å². The minimum Gasteiger partial charge on any atom is -0.368 e. The molecule has 1 aliphatic rings. The quantitative estimate of drug-likeness (QED) is 0.323. The van der Waals surface area contributed by atoms with Crippen molar-refractivity contribution in [2.75, 3.05) is 36.0 Å². The van der Waals surface area contributed by atoms with E-state index in [1.165, 1.54) is 0 Å². The highest BCUT2D eigenvalue weighted by Crippen LogP contribution is 2.30. The van der Waals surface area contributed by atoms with E-state index in [2.05, 4.69) is 14.8 Å². The van der Waals surface area contributed by atoms with Crippen molar-refractivity contribution in [2.45, 2.75) is 0 Å². The summed E-state index contributed by atoms with van der Waals surface area (Å²) in [5.74, 6) is 1.54. The fraction of sp³-hybridized carbons (Fsp3) is 0.160. The molecular weight excluding hydrogens is 477 g/mol. The van der Waals surface area contributed by atoms with E-state index in [9.17, 15) is 0 Å². The van der Waals surface area contributed by atoms with Crippen molar-refractivity contribution in [3.63, 3.8) is 0 Å². The Bertz CT molecular complexity index is 1260. The molecule has 0 atom stereocenters. The molecule has 0 radical (unpaired) electrons. The monoisotopic (exact) mass is 495 g/mol. The van der Waals surface area contributed by atoms with E-state index < -0.39 is 0 Å². The first-order chi connectivity index (χ1) is 16.1. The van der Waals surface area contributed by atoms with Crippen LogP contribution >= 0.6 is 34.8 Å². The molecule has 8 heteroatoms. The second kappa shape index (κ2) is 9.56. The summed E-state index contributed by atoms with van der Waals surface area (Å²) in [5, 5.41) is 1.83. The first-order valence-electron chi connectivity index (χ1n) is 10.6. The Balaban J connectivity index is 1.44. The molecule has 0 amide bonds. The zero-order valence-electron chi connectivity index (χ0n) is 17.6. The largest absolute Gasteiger partial charge is 0.368 e. The van der Waals surface area contributed by atoms with E-state index in [0.29, 0.717) is 20.9 Å². The standard InChI is InChI=1S/C25H20Cl3N5/c26-19-5-3-17(4-6-19)23-15-24(31-25(30-23)18-2-1-9-29-16-18)33-12-10-32(11-13-33)20-7-8-21(27)22(28)14-20/h1-9,14-16H,10-13H2. The number of pyridine rings is 1. The van der Waals surface area contributed by atoms with Gasteiger partial charge in [0.15, 0.2) is 5.82 Å². The van der Waals surface area contributed by atoms with Crippen LogP contribution < -0.4 is 9.80 Å².